The van der Waals surface area contributed by atoms with Crippen LogP contribution < -0.4 is 15.4 Å². The Kier molecular flexibility index (Phi) is 4.78. The van der Waals surface area contributed by atoms with Gasteiger partial charge < -0.3 is 15.4 Å². The fourth-order valence-electron chi connectivity index (χ4n) is 4.06. The van der Waals surface area contributed by atoms with Crippen LogP contribution in [0.5, 0.6) is 5.75 Å². The van der Waals surface area contributed by atoms with E-state index in [4.69, 9.17) is 14.7 Å². The quantitative estimate of drug-likeness (QED) is 0.589. The molecule has 2 aliphatic rings. The van der Waals surface area contributed by atoms with E-state index in [1.54, 1.807) is 6.07 Å². The lowest BCUT2D eigenvalue weighted by molar-refractivity contribution is 0.362. The largest absolute Gasteiger partial charge is 0.488 e. The number of nitrogens with zero attached hydrogens (tertiary/aromatic N) is 3. The second-order valence-corrected chi connectivity index (χ2v) is 7.37. The van der Waals surface area contributed by atoms with E-state index in [0.29, 0.717) is 30.4 Å². The zero-order valence-corrected chi connectivity index (χ0v) is 16.4. The smallest absolute Gasteiger partial charge is 0.229 e. The molecule has 148 valence electrons. The molecule has 4 bridgehead atoms. The average molecular weight is 395 g/mol. The molecule has 5 rings (SSSR count). The van der Waals surface area contributed by atoms with E-state index >= 15 is 0 Å². The van der Waals surface area contributed by atoms with E-state index in [-0.39, 0.29) is 5.92 Å². The molecule has 1 aliphatic heterocycles. The molecule has 0 saturated carbocycles. The zero-order chi connectivity index (χ0) is 20.3. The number of fused-ring (bicyclic) bond motifs is 6. The van der Waals surface area contributed by atoms with Crippen LogP contribution in [-0.4, -0.2) is 23.1 Å². The maximum atomic E-state index is 9.35. The van der Waals surface area contributed by atoms with Crippen LogP contribution in [0.25, 0.3) is 0 Å². The Hall–Kier alpha value is -3.85. The highest BCUT2D eigenvalue weighted by Gasteiger charge is 2.29. The third kappa shape index (κ3) is 3.46. The average Bonchev–Trinajstić information content (AvgIpc) is 3.20. The van der Waals surface area contributed by atoms with Gasteiger partial charge in [-0.1, -0.05) is 36.4 Å². The Morgan fingerprint density at radius 2 is 1.97 bits per heavy atom. The molecular formula is C24H21N5O. The van der Waals surface area contributed by atoms with Crippen LogP contribution in [0.3, 0.4) is 0 Å². The molecule has 1 aromatic heterocycles. The molecule has 2 heterocycles. The molecule has 1 unspecified atom stereocenters. The summed E-state index contributed by atoms with van der Waals surface area (Å²) < 4.78 is 5.78. The molecular weight excluding hydrogens is 374 g/mol. The van der Waals surface area contributed by atoms with Crippen LogP contribution in [0.2, 0.25) is 0 Å². The number of hydrogen-bond donors (Lipinski definition) is 2. The van der Waals surface area contributed by atoms with Crippen molar-refractivity contribution in [2.24, 2.45) is 0 Å². The molecule has 6 nitrogen and oxygen atoms in total. The van der Waals surface area contributed by atoms with E-state index in [1.807, 2.05) is 30.4 Å². The lowest BCUT2D eigenvalue weighted by Gasteiger charge is -2.15. The summed E-state index contributed by atoms with van der Waals surface area (Å²) in [6.07, 6.45) is 5.93. The van der Waals surface area contributed by atoms with E-state index in [2.05, 4.69) is 41.0 Å². The Morgan fingerprint density at radius 1 is 1.07 bits per heavy atom. The Morgan fingerprint density at radius 3 is 2.83 bits per heavy atom. The van der Waals surface area contributed by atoms with Gasteiger partial charge in [0.2, 0.25) is 5.95 Å². The molecule has 2 aromatic carbocycles. The van der Waals surface area contributed by atoms with Gasteiger partial charge in [0.1, 0.15) is 24.2 Å². The number of benzene rings is 2. The minimum absolute atomic E-state index is 0.261. The van der Waals surface area contributed by atoms with Gasteiger partial charge in [-0.2, -0.15) is 10.2 Å². The van der Waals surface area contributed by atoms with Crippen molar-refractivity contribution in [1.82, 2.24) is 9.97 Å². The van der Waals surface area contributed by atoms with Gasteiger partial charge in [0.15, 0.2) is 0 Å². The van der Waals surface area contributed by atoms with Crippen molar-refractivity contribution in [3.63, 3.8) is 0 Å². The number of nitrogens with one attached hydrogen (secondary N) is 2. The van der Waals surface area contributed by atoms with Gasteiger partial charge in [-0.25, -0.2) is 4.98 Å². The van der Waals surface area contributed by atoms with E-state index in [9.17, 15) is 5.26 Å². The van der Waals surface area contributed by atoms with Crippen LogP contribution in [0, 0.1) is 11.3 Å². The van der Waals surface area contributed by atoms with Crippen LogP contribution in [-0.2, 0) is 6.42 Å². The summed E-state index contributed by atoms with van der Waals surface area (Å²) in [5.41, 5.74) is 4.83. The minimum atomic E-state index is 0.261. The lowest BCUT2D eigenvalue weighted by atomic mass is 9.97. The normalized spacial score (nSPS) is 18.2. The summed E-state index contributed by atoms with van der Waals surface area (Å²) >= 11 is 0. The molecule has 0 amide bonds. The Bertz CT molecular complexity index is 1150. The first kappa shape index (κ1) is 18.2. The predicted octanol–water partition coefficient (Wildman–Crippen LogP) is 4.53. The standard InChI is InChI=1S/C24H21N5O/c25-15-17-8-9-18-14-21(17)30-13-5-4-12-26-23-20-11-10-19(16-6-2-1-3-7-16)22(20)28-24(27-18)29-23/h1-9,14,19H,10-13H2,(H2,26,27,28,29)/b5-4-. The van der Waals surface area contributed by atoms with Gasteiger partial charge in [0.25, 0.3) is 0 Å². The summed E-state index contributed by atoms with van der Waals surface area (Å²) in [4.78, 5) is 9.66. The number of hydrogen-bond acceptors (Lipinski definition) is 6. The topological polar surface area (TPSA) is 82.9 Å². The van der Waals surface area contributed by atoms with Gasteiger partial charge in [0.05, 0.1) is 11.3 Å². The van der Waals surface area contributed by atoms with Crippen molar-refractivity contribution < 1.29 is 4.74 Å². The second kappa shape index (κ2) is 7.88. The number of nitriles is 1. The summed E-state index contributed by atoms with van der Waals surface area (Å²) in [5.74, 6) is 2.22. The third-order valence-corrected chi connectivity index (χ3v) is 5.50. The lowest BCUT2D eigenvalue weighted by Crippen LogP contribution is -2.10. The van der Waals surface area contributed by atoms with Crippen LogP contribution in [0.1, 0.15) is 34.7 Å². The molecule has 0 spiro atoms. The predicted molar refractivity (Wildman–Crippen MR) is 116 cm³/mol. The highest BCUT2D eigenvalue weighted by Crippen LogP contribution is 2.40. The fourth-order valence-corrected chi connectivity index (χ4v) is 4.06. The first-order valence-electron chi connectivity index (χ1n) is 10.1. The highest BCUT2D eigenvalue weighted by molar-refractivity contribution is 5.63. The van der Waals surface area contributed by atoms with Crippen LogP contribution in [0.15, 0.2) is 60.7 Å². The van der Waals surface area contributed by atoms with Crippen molar-refractivity contribution in [2.75, 3.05) is 23.8 Å². The van der Waals surface area contributed by atoms with Crippen LogP contribution >= 0.6 is 0 Å². The molecule has 0 radical (unpaired) electrons. The van der Waals surface area contributed by atoms with Crippen molar-refractivity contribution in [3.05, 3.63) is 83.1 Å². The number of ether oxygens (including phenoxy) is 1. The molecule has 0 fully saturated rings. The Balaban J connectivity index is 1.59. The van der Waals surface area contributed by atoms with Crippen molar-refractivity contribution in [3.8, 4) is 11.8 Å². The first-order chi connectivity index (χ1) is 14.8. The highest BCUT2D eigenvalue weighted by atomic mass is 16.5. The zero-order valence-electron chi connectivity index (χ0n) is 16.4. The van der Waals surface area contributed by atoms with Gasteiger partial charge in [0, 0.05) is 29.8 Å². The number of aromatic nitrogens is 2. The van der Waals surface area contributed by atoms with E-state index < -0.39 is 0 Å². The molecule has 30 heavy (non-hydrogen) atoms. The number of anilines is 3. The molecule has 1 aliphatic carbocycles. The summed E-state index contributed by atoms with van der Waals surface area (Å²) in [6.45, 7) is 1.04. The maximum Gasteiger partial charge on any atom is 0.229 e. The van der Waals surface area contributed by atoms with E-state index in [0.717, 1.165) is 30.0 Å². The van der Waals surface area contributed by atoms with Gasteiger partial charge in [-0.05, 0) is 36.6 Å². The minimum Gasteiger partial charge on any atom is -0.488 e. The SMILES string of the molecule is N#Cc1ccc2cc1OC/C=C\CNc1nc(nc3c1CCC3c1ccccc1)N2. The molecule has 6 heteroatoms. The second-order valence-electron chi connectivity index (χ2n) is 7.37. The van der Waals surface area contributed by atoms with E-state index in [1.165, 1.54) is 11.1 Å². The molecule has 2 N–H and O–H groups in total. The molecule has 1 atom stereocenters. The maximum absolute atomic E-state index is 9.35. The van der Waals surface area contributed by atoms with Gasteiger partial charge in [-0.15, -0.1) is 0 Å². The van der Waals surface area contributed by atoms with Crippen molar-refractivity contribution >= 4 is 17.5 Å². The van der Waals surface area contributed by atoms with Crippen molar-refractivity contribution in [1.29, 1.82) is 5.26 Å². The number of rotatable bonds is 1. The summed E-state index contributed by atoms with van der Waals surface area (Å²) in [5, 5.41) is 16.1. The van der Waals surface area contributed by atoms with Crippen molar-refractivity contribution in [2.45, 2.75) is 18.8 Å². The Labute approximate surface area is 175 Å². The summed E-state index contributed by atoms with van der Waals surface area (Å²) in [7, 11) is 0. The van der Waals surface area contributed by atoms with Gasteiger partial charge >= 0.3 is 0 Å². The van der Waals surface area contributed by atoms with Crippen LogP contribution in [0.4, 0.5) is 17.5 Å². The third-order valence-electron chi connectivity index (χ3n) is 5.50. The summed E-state index contributed by atoms with van der Waals surface area (Å²) in [6, 6.07) is 18.1. The first-order valence-corrected chi connectivity index (χ1v) is 10.1. The monoisotopic (exact) mass is 395 g/mol. The fraction of sp³-hybridized carbons (Fsp3) is 0.208. The molecule has 3 aromatic rings. The van der Waals surface area contributed by atoms with Gasteiger partial charge in [-0.3, -0.25) is 0 Å². The molecule has 0 saturated heterocycles.